The molecule has 1 aromatic carbocycles. The summed E-state index contributed by atoms with van der Waals surface area (Å²) in [6.45, 7) is 4.47. The van der Waals surface area contributed by atoms with Crippen molar-refractivity contribution in [1.29, 1.82) is 0 Å². The van der Waals surface area contributed by atoms with E-state index in [0.717, 1.165) is 19.6 Å². The largest absolute Gasteiger partial charge is 0.379 e. The first-order valence-electron chi connectivity index (χ1n) is 5.82. The van der Waals surface area contributed by atoms with Gasteiger partial charge < -0.3 is 15.4 Å². The van der Waals surface area contributed by atoms with E-state index in [-0.39, 0.29) is 0 Å². The third kappa shape index (κ3) is 2.20. The van der Waals surface area contributed by atoms with Gasteiger partial charge in [-0.05, 0) is 30.5 Å². The van der Waals surface area contributed by atoms with Crippen LogP contribution >= 0.6 is 0 Å². The molecule has 1 unspecified atom stereocenters. The molecule has 1 aliphatic rings. The molecule has 2 N–H and O–H groups in total. The van der Waals surface area contributed by atoms with Gasteiger partial charge in [0.2, 0.25) is 0 Å². The maximum Gasteiger partial charge on any atom is 0.0670 e. The Labute approximate surface area is 97.2 Å². The average molecular weight is 220 g/mol. The summed E-state index contributed by atoms with van der Waals surface area (Å²) in [5, 5.41) is 0. The van der Waals surface area contributed by atoms with Gasteiger partial charge in [0.1, 0.15) is 0 Å². The SMILES string of the molecule is Cc1cc(CN)ccc1N(C)C1CCOC1. The van der Waals surface area contributed by atoms with Gasteiger partial charge in [0, 0.05) is 25.9 Å². The molecule has 1 atom stereocenters. The van der Waals surface area contributed by atoms with Gasteiger partial charge in [-0.25, -0.2) is 0 Å². The van der Waals surface area contributed by atoms with E-state index in [0.29, 0.717) is 12.6 Å². The third-order valence-corrected chi connectivity index (χ3v) is 3.33. The van der Waals surface area contributed by atoms with Crippen molar-refractivity contribution < 1.29 is 4.74 Å². The summed E-state index contributed by atoms with van der Waals surface area (Å²) >= 11 is 0. The molecule has 0 aromatic heterocycles. The van der Waals surface area contributed by atoms with Crippen LogP contribution in [0.4, 0.5) is 5.69 Å². The number of benzene rings is 1. The van der Waals surface area contributed by atoms with Gasteiger partial charge in [0.05, 0.1) is 12.6 Å². The van der Waals surface area contributed by atoms with E-state index in [4.69, 9.17) is 10.5 Å². The summed E-state index contributed by atoms with van der Waals surface area (Å²) in [4.78, 5) is 2.32. The van der Waals surface area contributed by atoms with E-state index in [1.807, 2.05) is 0 Å². The number of aryl methyl sites for hydroxylation is 1. The fraction of sp³-hybridized carbons (Fsp3) is 0.538. The molecule has 16 heavy (non-hydrogen) atoms. The van der Waals surface area contributed by atoms with Crippen LogP contribution < -0.4 is 10.6 Å². The maximum atomic E-state index is 5.63. The first-order chi connectivity index (χ1) is 7.72. The fourth-order valence-electron chi connectivity index (χ4n) is 2.26. The van der Waals surface area contributed by atoms with Crippen LogP contribution in [-0.2, 0) is 11.3 Å². The molecule has 0 radical (unpaired) electrons. The molecule has 0 saturated carbocycles. The molecule has 1 saturated heterocycles. The highest BCUT2D eigenvalue weighted by molar-refractivity contribution is 5.54. The first kappa shape index (κ1) is 11.4. The monoisotopic (exact) mass is 220 g/mol. The van der Waals surface area contributed by atoms with Crippen molar-refractivity contribution in [2.75, 3.05) is 25.2 Å². The maximum absolute atomic E-state index is 5.63. The molecule has 1 heterocycles. The van der Waals surface area contributed by atoms with E-state index in [1.54, 1.807) is 0 Å². The Hall–Kier alpha value is -1.06. The molecule has 2 rings (SSSR count). The lowest BCUT2D eigenvalue weighted by molar-refractivity contribution is 0.193. The van der Waals surface area contributed by atoms with Gasteiger partial charge in [-0.15, -0.1) is 0 Å². The van der Waals surface area contributed by atoms with Crippen molar-refractivity contribution in [1.82, 2.24) is 0 Å². The third-order valence-electron chi connectivity index (χ3n) is 3.33. The summed E-state index contributed by atoms with van der Waals surface area (Å²) in [6, 6.07) is 6.95. The van der Waals surface area contributed by atoms with Crippen molar-refractivity contribution in [3.63, 3.8) is 0 Å². The summed E-state index contributed by atoms with van der Waals surface area (Å²) in [5.74, 6) is 0. The molecular formula is C13H20N2O. The van der Waals surface area contributed by atoms with E-state index >= 15 is 0 Å². The fourth-order valence-corrected chi connectivity index (χ4v) is 2.26. The van der Waals surface area contributed by atoms with Crippen molar-refractivity contribution in [2.45, 2.75) is 25.9 Å². The van der Waals surface area contributed by atoms with Gasteiger partial charge >= 0.3 is 0 Å². The number of anilines is 1. The predicted molar refractivity (Wildman–Crippen MR) is 66.7 cm³/mol. The zero-order chi connectivity index (χ0) is 11.5. The Morgan fingerprint density at radius 1 is 1.50 bits per heavy atom. The second-order valence-corrected chi connectivity index (χ2v) is 4.45. The number of hydrogen-bond acceptors (Lipinski definition) is 3. The molecular weight excluding hydrogens is 200 g/mol. The highest BCUT2D eigenvalue weighted by Gasteiger charge is 2.21. The lowest BCUT2D eigenvalue weighted by Gasteiger charge is -2.27. The molecule has 1 aromatic rings. The van der Waals surface area contributed by atoms with Gasteiger partial charge in [-0.1, -0.05) is 12.1 Å². The molecule has 1 aliphatic heterocycles. The lowest BCUT2D eigenvalue weighted by Crippen LogP contribution is -2.32. The zero-order valence-corrected chi connectivity index (χ0v) is 10.1. The van der Waals surface area contributed by atoms with Gasteiger partial charge in [0.15, 0.2) is 0 Å². The first-order valence-corrected chi connectivity index (χ1v) is 5.82. The molecule has 0 aliphatic carbocycles. The van der Waals surface area contributed by atoms with E-state index < -0.39 is 0 Å². The Morgan fingerprint density at radius 3 is 2.88 bits per heavy atom. The lowest BCUT2D eigenvalue weighted by atomic mass is 10.1. The predicted octanol–water partition coefficient (Wildman–Crippen LogP) is 1.68. The van der Waals surface area contributed by atoms with Gasteiger partial charge in [0.25, 0.3) is 0 Å². The van der Waals surface area contributed by atoms with Crippen LogP contribution in [0.2, 0.25) is 0 Å². The summed E-state index contributed by atoms with van der Waals surface area (Å²) in [7, 11) is 2.14. The van der Waals surface area contributed by atoms with Crippen LogP contribution in [0.25, 0.3) is 0 Å². The van der Waals surface area contributed by atoms with Crippen molar-refractivity contribution in [3.05, 3.63) is 29.3 Å². The van der Waals surface area contributed by atoms with Crippen LogP contribution in [-0.4, -0.2) is 26.3 Å². The molecule has 3 heteroatoms. The quantitative estimate of drug-likeness (QED) is 0.842. The second kappa shape index (κ2) is 4.85. The summed E-state index contributed by atoms with van der Waals surface area (Å²) in [6.07, 6.45) is 1.12. The minimum absolute atomic E-state index is 0.516. The molecule has 0 spiro atoms. The second-order valence-electron chi connectivity index (χ2n) is 4.45. The van der Waals surface area contributed by atoms with E-state index in [1.165, 1.54) is 16.8 Å². The highest BCUT2D eigenvalue weighted by Crippen LogP contribution is 2.24. The standard InChI is InChI=1S/C13H20N2O/c1-10-7-11(8-14)3-4-13(10)15(2)12-5-6-16-9-12/h3-4,7,12H,5-6,8-9,14H2,1-2H3. The molecule has 3 nitrogen and oxygen atoms in total. The van der Waals surface area contributed by atoms with Crippen LogP contribution in [0.5, 0.6) is 0 Å². The summed E-state index contributed by atoms with van der Waals surface area (Å²) in [5.41, 5.74) is 9.40. The number of hydrogen-bond donors (Lipinski definition) is 1. The molecule has 88 valence electrons. The molecule has 1 fully saturated rings. The average Bonchev–Trinajstić information content (AvgIpc) is 2.81. The smallest absolute Gasteiger partial charge is 0.0670 e. The van der Waals surface area contributed by atoms with Crippen molar-refractivity contribution >= 4 is 5.69 Å². The number of nitrogens with two attached hydrogens (primary N) is 1. The Morgan fingerprint density at radius 2 is 2.31 bits per heavy atom. The molecule has 0 amide bonds. The van der Waals surface area contributed by atoms with E-state index in [9.17, 15) is 0 Å². The topological polar surface area (TPSA) is 38.5 Å². The van der Waals surface area contributed by atoms with Crippen molar-refractivity contribution in [2.24, 2.45) is 5.73 Å². The summed E-state index contributed by atoms with van der Waals surface area (Å²) < 4.78 is 5.42. The van der Waals surface area contributed by atoms with Gasteiger partial charge in [-0.2, -0.15) is 0 Å². The van der Waals surface area contributed by atoms with Crippen LogP contribution in [0, 0.1) is 6.92 Å². The molecule has 0 bridgehead atoms. The Balaban J connectivity index is 2.19. The Kier molecular flexibility index (Phi) is 3.46. The number of rotatable bonds is 3. The van der Waals surface area contributed by atoms with Gasteiger partial charge in [-0.3, -0.25) is 0 Å². The van der Waals surface area contributed by atoms with Crippen LogP contribution in [0.1, 0.15) is 17.5 Å². The highest BCUT2D eigenvalue weighted by atomic mass is 16.5. The number of ether oxygens (including phenoxy) is 1. The normalized spacial score (nSPS) is 20.1. The van der Waals surface area contributed by atoms with Crippen LogP contribution in [0.15, 0.2) is 18.2 Å². The van der Waals surface area contributed by atoms with E-state index in [2.05, 4.69) is 37.1 Å². The van der Waals surface area contributed by atoms with Crippen molar-refractivity contribution in [3.8, 4) is 0 Å². The minimum Gasteiger partial charge on any atom is -0.379 e. The van der Waals surface area contributed by atoms with Crippen LogP contribution in [0.3, 0.4) is 0 Å². The zero-order valence-electron chi connectivity index (χ0n) is 10.1. The Bertz CT molecular complexity index is 359. The number of nitrogens with zero attached hydrogens (tertiary/aromatic N) is 1. The number of likely N-dealkylation sites (N-methyl/N-ethyl adjacent to an activating group) is 1. The minimum atomic E-state index is 0.516.